The zero-order valence-corrected chi connectivity index (χ0v) is 9.47. The zero-order valence-electron chi connectivity index (χ0n) is 9.47. The van der Waals surface area contributed by atoms with E-state index in [2.05, 4.69) is 5.10 Å². The van der Waals surface area contributed by atoms with Crippen molar-refractivity contribution in [1.29, 1.82) is 0 Å². The molecule has 0 fully saturated rings. The van der Waals surface area contributed by atoms with Crippen LogP contribution in [0.3, 0.4) is 0 Å². The van der Waals surface area contributed by atoms with Crippen LogP contribution in [0, 0.1) is 6.92 Å². The molecule has 0 N–H and O–H groups in total. The summed E-state index contributed by atoms with van der Waals surface area (Å²) in [7, 11) is 0. The first-order chi connectivity index (χ1) is 7.72. The molecule has 0 spiro atoms. The van der Waals surface area contributed by atoms with Gasteiger partial charge in [0, 0.05) is 18.3 Å². The van der Waals surface area contributed by atoms with Crippen molar-refractivity contribution in [2.75, 3.05) is 0 Å². The molecule has 0 radical (unpaired) electrons. The third-order valence-electron chi connectivity index (χ3n) is 2.53. The summed E-state index contributed by atoms with van der Waals surface area (Å²) in [6.07, 6.45) is 1.66. The van der Waals surface area contributed by atoms with E-state index in [-0.39, 0.29) is 5.78 Å². The lowest BCUT2D eigenvalue weighted by atomic mass is 10.1. The van der Waals surface area contributed by atoms with E-state index in [1.54, 1.807) is 16.9 Å². The number of aryl methyl sites for hydroxylation is 2. The summed E-state index contributed by atoms with van der Waals surface area (Å²) in [4.78, 5) is 12.2. The molecule has 0 aliphatic rings. The van der Waals surface area contributed by atoms with Crippen molar-refractivity contribution >= 4 is 5.78 Å². The van der Waals surface area contributed by atoms with Crippen LogP contribution in [0.5, 0.6) is 0 Å². The van der Waals surface area contributed by atoms with Gasteiger partial charge in [-0.3, -0.25) is 9.48 Å². The first-order valence-corrected chi connectivity index (χ1v) is 5.35. The third-order valence-corrected chi connectivity index (χ3v) is 2.53. The number of hydrogen-bond acceptors (Lipinski definition) is 2. The lowest BCUT2D eigenvalue weighted by Crippen LogP contribution is -2.10. The summed E-state index contributed by atoms with van der Waals surface area (Å²) < 4.78 is 1.71. The van der Waals surface area contributed by atoms with Gasteiger partial charge in [-0.1, -0.05) is 23.8 Å². The van der Waals surface area contributed by atoms with Gasteiger partial charge in [0.2, 0.25) is 5.78 Å². The monoisotopic (exact) mass is 214 g/mol. The standard InChI is InChI=1S/C13H14N2O/c1-3-15-12(7-8-14-15)13(16)11-6-4-5-10(2)9-11/h4-9H,3H2,1-2H3. The van der Waals surface area contributed by atoms with Crippen LogP contribution in [0.4, 0.5) is 0 Å². The van der Waals surface area contributed by atoms with E-state index in [1.807, 2.05) is 38.1 Å². The van der Waals surface area contributed by atoms with E-state index >= 15 is 0 Å². The maximum absolute atomic E-state index is 12.2. The molecule has 0 aliphatic heterocycles. The highest BCUT2D eigenvalue weighted by Gasteiger charge is 2.13. The van der Waals surface area contributed by atoms with E-state index < -0.39 is 0 Å². The molecule has 0 unspecified atom stereocenters. The fourth-order valence-electron chi connectivity index (χ4n) is 1.71. The molecule has 0 amide bonds. The Morgan fingerprint density at radius 1 is 1.38 bits per heavy atom. The Kier molecular flexibility index (Phi) is 2.86. The predicted molar refractivity (Wildman–Crippen MR) is 62.5 cm³/mol. The Balaban J connectivity index is 2.39. The van der Waals surface area contributed by atoms with Crippen molar-refractivity contribution in [3.63, 3.8) is 0 Å². The van der Waals surface area contributed by atoms with Gasteiger partial charge in [0.05, 0.1) is 0 Å². The molecule has 0 bridgehead atoms. The Morgan fingerprint density at radius 2 is 2.19 bits per heavy atom. The number of carbonyl (C=O) groups excluding carboxylic acids is 1. The minimum Gasteiger partial charge on any atom is -0.287 e. The van der Waals surface area contributed by atoms with Crippen LogP contribution in [0.25, 0.3) is 0 Å². The lowest BCUT2D eigenvalue weighted by Gasteiger charge is -2.04. The second kappa shape index (κ2) is 4.31. The molecule has 1 heterocycles. The third kappa shape index (κ3) is 1.89. The Labute approximate surface area is 94.7 Å². The number of carbonyl (C=O) groups is 1. The molecule has 3 nitrogen and oxygen atoms in total. The van der Waals surface area contributed by atoms with Crippen LogP contribution >= 0.6 is 0 Å². The summed E-state index contributed by atoms with van der Waals surface area (Å²) in [6, 6.07) is 9.37. The molecule has 3 heteroatoms. The summed E-state index contributed by atoms with van der Waals surface area (Å²) in [5, 5.41) is 4.10. The van der Waals surface area contributed by atoms with Crippen molar-refractivity contribution in [3.8, 4) is 0 Å². The molecule has 0 aliphatic carbocycles. The molecule has 2 aromatic rings. The fraction of sp³-hybridized carbons (Fsp3) is 0.231. The van der Waals surface area contributed by atoms with E-state index in [9.17, 15) is 4.79 Å². The van der Waals surface area contributed by atoms with Gasteiger partial charge in [0.15, 0.2) is 0 Å². The lowest BCUT2D eigenvalue weighted by molar-refractivity contribution is 0.102. The molecule has 0 atom stereocenters. The maximum atomic E-state index is 12.2. The van der Waals surface area contributed by atoms with Crippen LogP contribution in [0.2, 0.25) is 0 Å². The Morgan fingerprint density at radius 3 is 2.88 bits per heavy atom. The largest absolute Gasteiger partial charge is 0.287 e. The number of nitrogens with zero attached hydrogens (tertiary/aromatic N) is 2. The average molecular weight is 214 g/mol. The smallest absolute Gasteiger partial charge is 0.211 e. The van der Waals surface area contributed by atoms with Crippen molar-refractivity contribution in [2.45, 2.75) is 20.4 Å². The number of benzene rings is 1. The minimum absolute atomic E-state index is 0.0306. The average Bonchev–Trinajstić information content (AvgIpc) is 2.76. The van der Waals surface area contributed by atoms with Crippen LogP contribution in [-0.2, 0) is 6.54 Å². The van der Waals surface area contributed by atoms with Crippen molar-refractivity contribution < 1.29 is 4.79 Å². The number of aromatic nitrogens is 2. The summed E-state index contributed by atoms with van der Waals surface area (Å²) in [5.41, 5.74) is 2.46. The van der Waals surface area contributed by atoms with Gasteiger partial charge < -0.3 is 0 Å². The summed E-state index contributed by atoms with van der Waals surface area (Å²) >= 11 is 0. The second-order valence-electron chi connectivity index (χ2n) is 3.73. The predicted octanol–water partition coefficient (Wildman–Crippen LogP) is 2.44. The topological polar surface area (TPSA) is 34.9 Å². The van der Waals surface area contributed by atoms with Gasteiger partial charge >= 0.3 is 0 Å². The molecule has 0 saturated heterocycles. The molecule has 16 heavy (non-hydrogen) atoms. The molecular weight excluding hydrogens is 200 g/mol. The highest BCUT2D eigenvalue weighted by molar-refractivity contribution is 6.07. The van der Waals surface area contributed by atoms with Crippen LogP contribution in [0.1, 0.15) is 28.5 Å². The van der Waals surface area contributed by atoms with E-state index in [0.29, 0.717) is 12.2 Å². The molecule has 0 saturated carbocycles. The Bertz CT molecular complexity index is 514. The first kappa shape index (κ1) is 10.6. The van der Waals surface area contributed by atoms with Crippen LogP contribution < -0.4 is 0 Å². The molecule has 1 aromatic heterocycles. The Hall–Kier alpha value is -1.90. The number of hydrogen-bond donors (Lipinski definition) is 0. The summed E-state index contributed by atoms with van der Waals surface area (Å²) in [5.74, 6) is 0.0306. The maximum Gasteiger partial charge on any atom is 0.211 e. The molecule has 82 valence electrons. The molecular formula is C13H14N2O. The van der Waals surface area contributed by atoms with Gasteiger partial charge in [-0.05, 0) is 26.0 Å². The zero-order chi connectivity index (χ0) is 11.5. The van der Waals surface area contributed by atoms with Gasteiger partial charge in [0.1, 0.15) is 5.69 Å². The molecule has 1 aromatic carbocycles. The second-order valence-corrected chi connectivity index (χ2v) is 3.73. The quantitative estimate of drug-likeness (QED) is 0.735. The van der Waals surface area contributed by atoms with E-state index in [0.717, 1.165) is 11.1 Å². The summed E-state index contributed by atoms with van der Waals surface area (Å²) in [6.45, 7) is 4.66. The fourth-order valence-corrected chi connectivity index (χ4v) is 1.71. The van der Waals surface area contributed by atoms with Crippen molar-refractivity contribution in [2.24, 2.45) is 0 Å². The van der Waals surface area contributed by atoms with Crippen molar-refractivity contribution in [1.82, 2.24) is 9.78 Å². The van der Waals surface area contributed by atoms with E-state index in [4.69, 9.17) is 0 Å². The van der Waals surface area contributed by atoms with Gasteiger partial charge in [-0.15, -0.1) is 0 Å². The highest BCUT2D eigenvalue weighted by atomic mass is 16.1. The van der Waals surface area contributed by atoms with E-state index in [1.165, 1.54) is 0 Å². The minimum atomic E-state index is 0.0306. The van der Waals surface area contributed by atoms with Gasteiger partial charge in [-0.25, -0.2) is 0 Å². The van der Waals surface area contributed by atoms with Crippen LogP contribution in [0.15, 0.2) is 36.5 Å². The van der Waals surface area contributed by atoms with Crippen LogP contribution in [-0.4, -0.2) is 15.6 Å². The number of rotatable bonds is 3. The first-order valence-electron chi connectivity index (χ1n) is 5.35. The highest BCUT2D eigenvalue weighted by Crippen LogP contribution is 2.11. The number of ketones is 1. The van der Waals surface area contributed by atoms with Gasteiger partial charge in [0.25, 0.3) is 0 Å². The molecule has 2 rings (SSSR count). The SMILES string of the molecule is CCn1nccc1C(=O)c1cccc(C)c1. The van der Waals surface area contributed by atoms with Crippen molar-refractivity contribution in [3.05, 3.63) is 53.3 Å². The normalized spacial score (nSPS) is 10.4. The van der Waals surface area contributed by atoms with Gasteiger partial charge in [-0.2, -0.15) is 5.10 Å².